The standard InChI is InChI=1S/C12H15FN4O/c1-7(11(18)16(2)3)17-10-5-4-8(13)6-9(10)15-12(17)14/h4-7H,1-3H3,(H2,14,15). The zero-order valence-corrected chi connectivity index (χ0v) is 10.5. The lowest BCUT2D eigenvalue weighted by Crippen LogP contribution is -2.30. The number of anilines is 1. The Balaban J connectivity index is 2.57. The predicted molar refractivity (Wildman–Crippen MR) is 67.5 cm³/mol. The maximum atomic E-state index is 13.1. The molecule has 5 nitrogen and oxygen atoms in total. The monoisotopic (exact) mass is 250 g/mol. The minimum Gasteiger partial charge on any atom is -0.369 e. The van der Waals surface area contributed by atoms with E-state index < -0.39 is 6.04 Å². The molecule has 96 valence electrons. The smallest absolute Gasteiger partial charge is 0.244 e. The molecule has 0 aliphatic rings. The molecule has 1 aromatic heterocycles. The SMILES string of the molecule is CC(C(=O)N(C)C)n1c(N)nc2cc(F)ccc21. The summed E-state index contributed by atoms with van der Waals surface area (Å²) in [6.07, 6.45) is 0. The van der Waals surface area contributed by atoms with Crippen LogP contribution in [-0.2, 0) is 4.79 Å². The second-order valence-electron chi connectivity index (χ2n) is 4.38. The number of fused-ring (bicyclic) bond motifs is 1. The van der Waals surface area contributed by atoms with E-state index in [4.69, 9.17) is 5.73 Å². The van der Waals surface area contributed by atoms with Crippen LogP contribution < -0.4 is 5.73 Å². The number of nitrogen functional groups attached to an aromatic ring is 1. The Hall–Kier alpha value is -2.11. The number of nitrogens with two attached hydrogens (primary N) is 1. The van der Waals surface area contributed by atoms with Crippen molar-refractivity contribution in [3.8, 4) is 0 Å². The second kappa shape index (κ2) is 4.29. The molecular weight excluding hydrogens is 235 g/mol. The number of aromatic nitrogens is 2. The van der Waals surface area contributed by atoms with Crippen molar-refractivity contribution in [2.24, 2.45) is 0 Å². The van der Waals surface area contributed by atoms with Crippen LogP contribution in [0.1, 0.15) is 13.0 Å². The number of likely N-dealkylation sites (N-methyl/N-ethyl adjacent to an activating group) is 1. The minimum absolute atomic E-state index is 0.0923. The van der Waals surface area contributed by atoms with E-state index in [9.17, 15) is 9.18 Å². The van der Waals surface area contributed by atoms with Gasteiger partial charge in [0, 0.05) is 20.2 Å². The van der Waals surface area contributed by atoms with Crippen LogP contribution in [0.5, 0.6) is 0 Å². The normalized spacial score (nSPS) is 12.7. The molecule has 0 saturated heterocycles. The Morgan fingerprint density at radius 1 is 1.50 bits per heavy atom. The van der Waals surface area contributed by atoms with Gasteiger partial charge in [0.15, 0.2) is 0 Å². The number of carbonyl (C=O) groups is 1. The van der Waals surface area contributed by atoms with E-state index in [1.54, 1.807) is 31.7 Å². The third-order valence-electron chi connectivity index (χ3n) is 2.86. The molecule has 6 heteroatoms. The summed E-state index contributed by atoms with van der Waals surface area (Å²) in [7, 11) is 3.35. The molecule has 0 spiro atoms. The molecule has 2 rings (SSSR count). The maximum Gasteiger partial charge on any atom is 0.244 e. The van der Waals surface area contributed by atoms with Crippen LogP contribution in [0.25, 0.3) is 11.0 Å². The quantitative estimate of drug-likeness (QED) is 0.876. The van der Waals surface area contributed by atoms with Crippen molar-refractivity contribution in [3.05, 3.63) is 24.0 Å². The molecule has 1 atom stereocenters. The molecule has 1 unspecified atom stereocenters. The number of rotatable bonds is 2. The maximum absolute atomic E-state index is 13.1. The number of halogens is 1. The first-order chi connectivity index (χ1) is 8.41. The molecule has 0 fully saturated rings. The lowest BCUT2D eigenvalue weighted by Gasteiger charge is -2.19. The fraction of sp³-hybridized carbons (Fsp3) is 0.333. The van der Waals surface area contributed by atoms with Gasteiger partial charge in [-0.1, -0.05) is 0 Å². The average Bonchev–Trinajstić information content (AvgIpc) is 2.62. The second-order valence-corrected chi connectivity index (χ2v) is 4.38. The highest BCUT2D eigenvalue weighted by molar-refractivity contribution is 5.85. The van der Waals surface area contributed by atoms with Crippen molar-refractivity contribution in [3.63, 3.8) is 0 Å². The van der Waals surface area contributed by atoms with E-state index in [0.717, 1.165) is 0 Å². The Morgan fingerprint density at radius 2 is 2.17 bits per heavy atom. The molecule has 0 aliphatic carbocycles. The summed E-state index contributed by atoms with van der Waals surface area (Å²) < 4.78 is 14.7. The summed E-state index contributed by atoms with van der Waals surface area (Å²) in [6.45, 7) is 1.74. The van der Waals surface area contributed by atoms with Crippen molar-refractivity contribution in [1.29, 1.82) is 0 Å². The van der Waals surface area contributed by atoms with Gasteiger partial charge in [-0.25, -0.2) is 9.37 Å². The van der Waals surface area contributed by atoms with Crippen molar-refractivity contribution in [2.75, 3.05) is 19.8 Å². The number of amides is 1. The summed E-state index contributed by atoms with van der Waals surface area (Å²) in [5, 5.41) is 0. The summed E-state index contributed by atoms with van der Waals surface area (Å²) >= 11 is 0. The topological polar surface area (TPSA) is 64.2 Å². The van der Waals surface area contributed by atoms with Crippen LogP contribution in [0.2, 0.25) is 0 Å². The van der Waals surface area contributed by atoms with E-state index in [1.165, 1.54) is 17.0 Å². The number of carbonyl (C=O) groups excluding carboxylic acids is 1. The summed E-state index contributed by atoms with van der Waals surface area (Å²) in [5.74, 6) is -0.262. The zero-order chi connectivity index (χ0) is 13.4. The van der Waals surface area contributed by atoms with Gasteiger partial charge in [-0.3, -0.25) is 9.36 Å². The first kappa shape index (κ1) is 12.3. The average molecular weight is 250 g/mol. The molecular formula is C12H15FN4O. The van der Waals surface area contributed by atoms with Crippen molar-refractivity contribution < 1.29 is 9.18 Å². The zero-order valence-electron chi connectivity index (χ0n) is 10.5. The fourth-order valence-electron chi connectivity index (χ4n) is 1.98. The highest BCUT2D eigenvalue weighted by atomic mass is 19.1. The largest absolute Gasteiger partial charge is 0.369 e. The Kier molecular flexibility index (Phi) is 2.94. The Labute approximate surface area is 104 Å². The van der Waals surface area contributed by atoms with Gasteiger partial charge in [-0.15, -0.1) is 0 Å². The Morgan fingerprint density at radius 3 is 2.78 bits per heavy atom. The predicted octanol–water partition coefficient (Wildman–Crippen LogP) is 1.41. The number of imidazole rings is 1. The van der Waals surface area contributed by atoms with Crippen LogP contribution in [0.3, 0.4) is 0 Å². The third-order valence-corrected chi connectivity index (χ3v) is 2.86. The van der Waals surface area contributed by atoms with Crippen LogP contribution in [-0.4, -0.2) is 34.5 Å². The van der Waals surface area contributed by atoms with E-state index >= 15 is 0 Å². The van der Waals surface area contributed by atoms with Crippen LogP contribution >= 0.6 is 0 Å². The first-order valence-corrected chi connectivity index (χ1v) is 5.56. The van der Waals surface area contributed by atoms with Crippen LogP contribution in [0, 0.1) is 5.82 Å². The van der Waals surface area contributed by atoms with Crippen molar-refractivity contribution >= 4 is 22.9 Å². The number of benzene rings is 1. The van der Waals surface area contributed by atoms with Gasteiger partial charge in [0.25, 0.3) is 0 Å². The molecule has 2 N–H and O–H groups in total. The van der Waals surface area contributed by atoms with Gasteiger partial charge in [0.2, 0.25) is 11.9 Å². The molecule has 0 radical (unpaired) electrons. The molecule has 1 heterocycles. The van der Waals surface area contributed by atoms with E-state index in [0.29, 0.717) is 11.0 Å². The highest BCUT2D eigenvalue weighted by Gasteiger charge is 2.21. The van der Waals surface area contributed by atoms with Gasteiger partial charge in [0.1, 0.15) is 11.9 Å². The van der Waals surface area contributed by atoms with Gasteiger partial charge in [-0.2, -0.15) is 0 Å². The molecule has 0 aliphatic heterocycles. The fourth-order valence-corrected chi connectivity index (χ4v) is 1.98. The summed E-state index contributed by atoms with van der Waals surface area (Å²) in [6, 6.07) is 3.73. The van der Waals surface area contributed by atoms with Crippen LogP contribution in [0.4, 0.5) is 10.3 Å². The van der Waals surface area contributed by atoms with Gasteiger partial charge < -0.3 is 10.6 Å². The summed E-state index contributed by atoms with van der Waals surface area (Å²) in [5.41, 5.74) is 6.90. The number of nitrogens with zero attached hydrogens (tertiary/aromatic N) is 3. The molecule has 0 bridgehead atoms. The third kappa shape index (κ3) is 1.90. The summed E-state index contributed by atoms with van der Waals surface area (Å²) in [4.78, 5) is 17.5. The van der Waals surface area contributed by atoms with E-state index in [1.807, 2.05) is 0 Å². The molecule has 18 heavy (non-hydrogen) atoms. The number of hydrogen-bond donors (Lipinski definition) is 1. The molecule has 0 saturated carbocycles. The number of hydrogen-bond acceptors (Lipinski definition) is 3. The van der Waals surface area contributed by atoms with Crippen molar-refractivity contribution in [2.45, 2.75) is 13.0 Å². The molecule has 2 aromatic rings. The minimum atomic E-state index is -0.476. The highest BCUT2D eigenvalue weighted by Crippen LogP contribution is 2.24. The lowest BCUT2D eigenvalue weighted by atomic mass is 10.2. The molecule has 1 amide bonds. The van der Waals surface area contributed by atoms with Crippen molar-refractivity contribution in [1.82, 2.24) is 14.5 Å². The van der Waals surface area contributed by atoms with E-state index in [-0.39, 0.29) is 17.7 Å². The first-order valence-electron chi connectivity index (χ1n) is 5.56. The molecule has 1 aromatic carbocycles. The van der Waals surface area contributed by atoms with E-state index in [2.05, 4.69) is 4.98 Å². The Bertz CT molecular complexity index is 605. The van der Waals surface area contributed by atoms with Gasteiger partial charge >= 0.3 is 0 Å². The van der Waals surface area contributed by atoms with Gasteiger partial charge in [-0.05, 0) is 19.1 Å². The van der Waals surface area contributed by atoms with Gasteiger partial charge in [0.05, 0.1) is 11.0 Å². The van der Waals surface area contributed by atoms with Crippen LogP contribution in [0.15, 0.2) is 18.2 Å². The lowest BCUT2D eigenvalue weighted by molar-refractivity contribution is -0.131.